The largest absolute Gasteiger partial charge is 0.508 e. The van der Waals surface area contributed by atoms with E-state index in [1.54, 1.807) is 36.4 Å². The van der Waals surface area contributed by atoms with Gasteiger partial charge in [-0.3, -0.25) is 4.79 Å². The second-order valence-electron chi connectivity index (χ2n) is 4.14. The molecule has 0 fully saturated rings. The van der Waals surface area contributed by atoms with Gasteiger partial charge in [0.05, 0.1) is 5.69 Å². The number of benzene rings is 1. The van der Waals surface area contributed by atoms with Gasteiger partial charge in [0.25, 0.3) is 5.91 Å². The molecule has 100 valence electrons. The first-order chi connectivity index (χ1) is 9.69. The Kier molecular flexibility index (Phi) is 2.79. The van der Waals surface area contributed by atoms with E-state index in [1.165, 1.54) is 11.6 Å². The number of nitrogens with one attached hydrogen (secondary N) is 1. The van der Waals surface area contributed by atoms with Crippen molar-refractivity contribution in [3.05, 3.63) is 42.2 Å². The minimum atomic E-state index is -0.354. The minimum Gasteiger partial charge on any atom is -0.508 e. The maximum atomic E-state index is 11.7. The Balaban J connectivity index is 2.14. The molecule has 3 rings (SSSR count). The van der Waals surface area contributed by atoms with Gasteiger partial charge in [-0.25, -0.2) is 0 Å². The van der Waals surface area contributed by atoms with Gasteiger partial charge < -0.3 is 10.4 Å². The van der Waals surface area contributed by atoms with Crippen LogP contribution < -0.4 is 5.32 Å². The molecular weight excluding hydrogens is 258 g/mol. The molecule has 0 atom stereocenters. The highest BCUT2D eigenvalue weighted by atomic mass is 16.3. The summed E-state index contributed by atoms with van der Waals surface area (Å²) < 4.78 is 1.39. The van der Waals surface area contributed by atoms with Crippen molar-refractivity contribution in [1.29, 1.82) is 0 Å². The average molecular weight is 269 g/mol. The summed E-state index contributed by atoms with van der Waals surface area (Å²) in [4.78, 5) is 11.7. The molecule has 20 heavy (non-hydrogen) atoms. The molecule has 2 heterocycles. The molecule has 7 nitrogen and oxygen atoms in total. The number of hydrogen-bond donors (Lipinski definition) is 2. The summed E-state index contributed by atoms with van der Waals surface area (Å²) in [6.45, 7) is 0. The van der Waals surface area contributed by atoms with Crippen LogP contribution >= 0.6 is 0 Å². The molecule has 7 heteroatoms. The highest BCUT2D eigenvalue weighted by molar-refractivity contribution is 5.90. The third kappa shape index (κ3) is 1.95. The number of hydrogen-bond acceptors (Lipinski definition) is 5. The summed E-state index contributed by atoms with van der Waals surface area (Å²) in [7, 11) is 1.52. The first-order valence-corrected chi connectivity index (χ1v) is 5.93. The maximum absolute atomic E-state index is 11.7. The van der Waals surface area contributed by atoms with Crippen LogP contribution in [0.15, 0.2) is 36.4 Å². The minimum absolute atomic E-state index is 0.128. The summed E-state index contributed by atoms with van der Waals surface area (Å²) in [5.74, 6) is -0.0406. The van der Waals surface area contributed by atoms with Crippen molar-refractivity contribution in [2.45, 2.75) is 0 Å². The lowest BCUT2D eigenvalue weighted by Gasteiger charge is -2.03. The number of amides is 1. The van der Waals surface area contributed by atoms with E-state index in [0.29, 0.717) is 11.3 Å². The Morgan fingerprint density at radius 1 is 1.15 bits per heavy atom. The van der Waals surface area contributed by atoms with Gasteiger partial charge in [0.2, 0.25) is 5.82 Å². The van der Waals surface area contributed by atoms with Crippen molar-refractivity contribution in [3.63, 3.8) is 0 Å². The normalized spacial score (nSPS) is 10.7. The third-order valence-corrected chi connectivity index (χ3v) is 2.86. The third-order valence-electron chi connectivity index (χ3n) is 2.86. The fraction of sp³-hybridized carbons (Fsp3) is 0.0769. The monoisotopic (exact) mass is 269 g/mol. The lowest BCUT2D eigenvalue weighted by molar-refractivity contribution is 0.0950. The van der Waals surface area contributed by atoms with E-state index in [1.807, 2.05) is 0 Å². The number of phenols is 1. The van der Waals surface area contributed by atoms with E-state index in [-0.39, 0.29) is 17.5 Å². The van der Waals surface area contributed by atoms with Crippen LogP contribution in [0.2, 0.25) is 0 Å². The van der Waals surface area contributed by atoms with Crippen molar-refractivity contribution < 1.29 is 9.90 Å². The molecule has 0 unspecified atom stereocenters. The molecule has 2 N–H and O–H groups in total. The molecule has 3 aromatic rings. The average Bonchev–Trinajstić information content (AvgIpc) is 2.90. The van der Waals surface area contributed by atoms with E-state index < -0.39 is 0 Å². The van der Waals surface area contributed by atoms with Gasteiger partial charge in [0, 0.05) is 12.6 Å². The van der Waals surface area contributed by atoms with Crippen molar-refractivity contribution in [2.75, 3.05) is 7.05 Å². The van der Waals surface area contributed by atoms with Crippen molar-refractivity contribution in [1.82, 2.24) is 25.1 Å². The lowest BCUT2D eigenvalue weighted by Crippen LogP contribution is -2.21. The van der Waals surface area contributed by atoms with E-state index >= 15 is 0 Å². The molecule has 0 bridgehead atoms. The van der Waals surface area contributed by atoms with Gasteiger partial charge in [0.15, 0.2) is 5.65 Å². The standard InChI is InChI=1S/C13H11N5O2/c1-14-13(20)12-16-15-11-7-6-10(17-18(11)12)8-2-4-9(19)5-3-8/h2-7,19H,1H3,(H,14,20). The molecule has 1 amide bonds. The van der Waals surface area contributed by atoms with Gasteiger partial charge in [-0.1, -0.05) is 0 Å². The Morgan fingerprint density at radius 3 is 2.60 bits per heavy atom. The first-order valence-electron chi connectivity index (χ1n) is 5.93. The zero-order valence-corrected chi connectivity index (χ0v) is 10.6. The number of aromatic nitrogens is 4. The van der Waals surface area contributed by atoms with Crippen molar-refractivity contribution >= 4 is 11.6 Å². The number of phenolic OH excluding ortho intramolecular Hbond substituents is 1. The summed E-state index contributed by atoms with van der Waals surface area (Å²) in [6, 6.07) is 10.2. The first kappa shape index (κ1) is 12.1. The van der Waals surface area contributed by atoms with Gasteiger partial charge in [-0.15, -0.1) is 10.2 Å². The van der Waals surface area contributed by atoms with Crippen molar-refractivity contribution in [3.8, 4) is 17.0 Å². The van der Waals surface area contributed by atoms with Crippen molar-refractivity contribution in [2.24, 2.45) is 0 Å². The molecule has 0 aliphatic heterocycles. The Labute approximate surface area is 113 Å². The molecule has 0 aliphatic rings. The number of fused-ring (bicyclic) bond motifs is 1. The molecule has 1 aromatic carbocycles. The second kappa shape index (κ2) is 4.61. The molecule has 0 saturated heterocycles. The summed E-state index contributed by atoms with van der Waals surface area (Å²) in [5, 5.41) is 23.8. The second-order valence-corrected chi connectivity index (χ2v) is 4.14. The number of aromatic hydroxyl groups is 1. The van der Waals surface area contributed by atoms with Crippen LogP contribution in [0, 0.1) is 0 Å². The predicted octanol–water partition coefficient (Wildman–Crippen LogP) is 0.856. The van der Waals surface area contributed by atoms with Crippen LogP contribution in [0.3, 0.4) is 0 Å². The maximum Gasteiger partial charge on any atom is 0.290 e. The lowest BCUT2D eigenvalue weighted by atomic mass is 10.1. The number of rotatable bonds is 2. The quantitative estimate of drug-likeness (QED) is 0.719. The van der Waals surface area contributed by atoms with Gasteiger partial charge >= 0.3 is 0 Å². The van der Waals surface area contributed by atoms with Gasteiger partial charge in [-0.05, 0) is 36.4 Å². The van der Waals surface area contributed by atoms with Crippen LogP contribution in [0.25, 0.3) is 16.9 Å². The molecular formula is C13H11N5O2. The van der Waals surface area contributed by atoms with Gasteiger partial charge in [0.1, 0.15) is 5.75 Å². The van der Waals surface area contributed by atoms with E-state index in [9.17, 15) is 9.90 Å². The topological polar surface area (TPSA) is 92.4 Å². The molecule has 0 spiro atoms. The van der Waals surface area contributed by atoms with Gasteiger partial charge in [-0.2, -0.15) is 9.61 Å². The fourth-order valence-electron chi connectivity index (χ4n) is 1.83. The van der Waals surface area contributed by atoms with Crippen LogP contribution in [0.5, 0.6) is 5.75 Å². The SMILES string of the molecule is CNC(=O)c1nnc2ccc(-c3ccc(O)cc3)nn12. The van der Waals surface area contributed by atoms with Crippen LogP contribution in [0.1, 0.15) is 10.6 Å². The summed E-state index contributed by atoms with van der Waals surface area (Å²) in [5.41, 5.74) is 1.97. The number of carbonyl (C=O) groups is 1. The van der Waals surface area contributed by atoms with E-state index in [0.717, 1.165) is 5.56 Å². The summed E-state index contributed by atoms with van der Waals surface area (Å²) >= 11 is 0. The Morgan fingerprint density at radius 2 is 1.90 bits per heavy atom. The molecule has 2 aromatic heterocycles. The van der Waals surface area contributed by atoms with Crippen LogP contribution in [0.4, 0.5) is 0 Å². The highest BCUT2D eigenvalue weighted by Crippen LogP contribution is 2.20. The molecule has 0 saturated carbocycles. The molecule has 0 radical (unpaired) electrons. The zero-order chi connectivity index (χ0) is 14.1. The number of nitrogens with zero attached hydrogens (tertiary/aromatic N) is 4. The molecule has 0 aliphatic carbocycles. The smallest absolute Gasteiger partial charge is 0.290 e. The van der Waals surface area contributed by atoms with Crippen LogP contribution in [-0.4, -0.2) is 37.9 Å². The highest BCUT2D eigenvalue weighted by Gasteiger charge is 2.14. The Bertz CT molecular complexity index is 779. The number of carbonyl (C=O) groups excluding carboxylic acids is 1. The van der Waals surface area contributed by atoms with E-state index in [2.05, 4.69) is 20.6 Å². The predicted molar refractivity (Wildman–Crippen MR) is 71.3 cm³/mol. The van der Waals surface area contributed by atoms with Crippen LogP contribution in [-0.2, 0) is 0 Å². The summed E-state index contributed by atoms with van der Waals surface area (Å²) in [6.07, 6.45) is 0. The fourth-order valence-corrected chi connectivity index (χ4v) is 1.83. The zero-order valence-electron chi connectivity index (χ0n) is 10.6. The van der Waals surface area contributed by atoms with E-state index in [4.69, 9.17) is 0 Å². The Hall–Kier alpha value is -2.96.